The highest BCUT2D eigenvalue weighted by atomic mass is 79.9. The van der Waals surface area contributed by atoms with Crippen LogP contribution in [0.4, 0.5) is 18.9 Å². The summed E-state index contributed by atoms with van der Waals surface area (Å²) < 4.78 is 36.1. The van der Waals surface area contributed by atoms with Crippen LogP contribution in [0.2, 0.25) is 0 Å². The fourth-order valence-corrected chi connectivity index (χ4v) is 1.03. The predicted octanol–water partition coefficient (Wildman–Crippen LogP) is 3.42. The molecular weight excluding hydrogens is 247 g/mol. The molecule has 5 heteroatoms. The van der Waals surface area contributed by atoms with Gasteiger partial charge in [-0.25, -0.2) is 0 Å². The van der Waals surface area contributed by atoms with Gasteiger partial charge in [0, 0.05) is 10.2 Å². The molecule has 0 bridgehead atoms. The van der Waals surface area contributed by atoms with Gasteiger partial charge in [-0.1, -0.05) is 15.9 Å². The van der Waals surface area contributed by atoms with Gasteiger partial charge in [0.15, 0.2) is 0 Å². The normalized spacial score (nSPS) is 11.4. The number of rotatable bonds is 2. The van der Waals surface area contributed by atoms with Crippen LogP contribution in [0.5, 0.6) is 0 Å². The van der Waals surface area contributed by atoms with Crippen LogP contribution in [0.3, 0.4) is 0 Å². The number of hydrogen-bond acceptors (Lipinski definition) is 1. The molecular formula is C8H7BrF3N. The first kappa shape index (κ1) is 10.4. The molecule has 0 atom stereocenters. The summed E-state index contributed by atoms with van der Waals surface area (Å²) in [6.07, 6.45) is -4.17. The SMILES string of the molecule is FC(F)(F)CNc1ccc(Br)cc1. The second-order valence-corrected chi connectivity index (χ2v) is 3.39. The molecule has 0 saturated heterocycles. The van der Waals surface area contributed by atoms with Crippen LogP contribution in [0.25, 0.3) is 0 Å². The van der Waals surface area contributed by atoms with Gasteiger partial charge in [0.1, 0.15) is 6.54 Å². The van der Waals surface area contributed by atoms with E-state index in [1.165, 1.54) is 0 Å². The van der Waals surface area contributed by atoms with E-state index in [2.05, 4.69) is 21.2 Å². The van der Waals surface area contributed by atoms with E-state index in [0.29, 0.717) is 5.69 Å². The van der Waals surface area contributed by atoms with Crippen LogP contribution < -0.4 is 5.32 Å². The molecule has 1 rings (SSSR count). The van der Waals surface area contributed by atoms with Crippen LogP contribution in [-0.4, -0.2) is 12.7 Å². The summed E-state index contributed by atoms with van der Waals surface area (Å²) in [7, 11) is 0. The molecule has 0 aromatic heterocycles. The van der Waals surface area contributed by atoms with E-state index in [1.54, 1.807) is 24.3 Å². The van der Waals surface area contributed by atoms with Crippen molar-refractivity contribution >= 4 is 21.6 Å². The Bertz CT molecular complexity index is 268. The second kappa shape index (κ2) is 4.00. The minimum Gasteiger partial charge on any atom is -0.376 e. The van der Waals surface area contributed by atoms with Crippen LogP contribution in [0.1, 0.15) is 0 Å². The Hall–Kier alpha value is -0.710. The van der Waals surface area contributed by atoms with E-state index < -0.39 is 12.7 Å². The maximum atomic E-state index is 11.7. The predicted molar refractivity (Wildman–Crippen MR) is 48.7 cm³/mol. The van der Waals surface area contributed by atoms with E-state index in [9.17, 15) is 13.2 Å². The minimum atomic E-state index is -4.17. The Morgan fingerprint density at radius 1 is 1.15 bits per heavy atom. The van der Waals surface area contributed by atoms with E-state index >= 15 is 0 Å². The summed E-state index contributed by atoms with van der Waals surface area (Å²) >= 11 is 3.19. The average Bonchev–Trinajstić information content (AvgIpc) is 2.02. The molecule has 0 fully saturated rings. The highest BCUT2D eigenvalue weighted by Crippen LogP contribution is 2.18. The molecule has 0 amide bonds. The molecule has 0 aliphatic rings. The summed E-state index contributed by atoms with van der Waals surface area (Å²) in [4.78, 5) is 0. The van der Waals surface area contributed by atoms with Crippen molar-refractivity contribution in [3.05, 3.63) is 28.7 Å². The highest BCUT2D eigenvalue weighted by Gasteiger charge is 2.26. The van der Waals surface area contributed by atoms with Gasteiger partial charge in [-0.3, -0.25) is 0 Å². The first-order valence-corrected chi connectivity index (χ1v) is 4.33. The number of halogens is 4. The fourth-order valence-electron chi connectivity index (χ4n) is 0.770. The van der Waals surface area contributed by atoms with Gasteiger partial charge in [-0.2, -0.15) is 13.2 Å². The van der Waals surface area contributed by atoms with Crippen molar-refractivity contribution in [2.24, 2.45) is 0 Å². The molecule has 1 nitrogen and oxygen atoms in total. The maximum absolute atomic E-state index is 11.7. The van der Waals surface area contributed by atoms with Gasteiger partial charge in [0.25, 0.3) is 0 Å². The lowest BCUT2D eigenvalue weighted by atomic mass is 10.3. The zero-order valence-electron chi connectivity index (χ0n) is 6.53. The minimum absolute atomic E-state index is 0.459. The summed E-state index contributed by atoms with van der Waals surface area (Å²) in [5.41, 5.74) is 0.459. The van der Waals surface area contributed by atoms with E-state index in [-0.39, 0.29) is 0 Å². The second-order valence-electron chi connectivity index (χ2n) is 2.48. The van der Waals surface area contributed by atoms with Gasteiger partial charge in [-0.05, 0) is 24.3 Å². The Balaban J connectivity index is 2.51. The zero-order chi connectivity index (χ0) is 9.90. The third-order valence-corrected chi connectivity index (χ3v) is 1.87. The smallest absolute Gasteiger partial charge is 0.376 e. The largest absolute Gasteiger partial charge is 0.405 e. The molecule has 0 aliphatic carbocycles. The van der Waals surface area contributed by atoms with Gasteiger partial charge < -0.3 is 5.32 Å². The quantitative estimate of drug-likeness (QED) is 0.852. The summed E-state index contributed by atoms with van der Waals surface area (Å²) in [5, 5.41) is 2.27. The van der Waals surface area contributed by atoms with Crippen LogP contribution in [0.15, 0.2) is 28.7 Å². The lowest BCUT2D eigenvalue weighted by Crippen LogP contribution is -2.21. The van der Waals surface area contributed by atoms with Gasteiger partial charge in [0.2, 0.25) is 0 Å². The van der Waals surface area contributed by atoms with Crippen molar-refractivity contribution in [3.8, 4) is 0 Å². The molecule has 72 valence electrons. The molecule has 0 radical (unpaired) electrons. The Morgan fingerprint density at radius 3 is 2.15 bits per heavy atom. The van der Waals surface area contributed by atoms with Crippen LogP contribution in [0, 0.1) is 0 Å². The lowest BCUT2D eigenvalue weighted by Gasteiger charge is -2.08. The van der Waals surface area contributed by atoms with Crippen LogP contribution in [-0.2, 0) is 0 Å². The maximum Gasteiger partial charge on any atom is 0.405 e. The Morgan fingerprint density at radius 2 is 1.69 bits per heavy atom. The zero-order valence-corrected chi connectivity index (χ0v) is 8.11. The molecule has 0 aliphatic heterocycles. The number of alkyl halides is 3. The summed E-state index contributed by atoms with van der Waals surface area (Å²) in [5.74, 6) is 0. The first-order valence-electron chi connectivity index (χ1n) is 3.53. The Labute approximate surface area is 82.1 Å². The van der Waals surface area contributed by atoms with E-state index in [0.717, 1.165) is 4.47 Å². The fraction of sp³-hybridized carbons (Fsp3) is 0.250. The molecule has 0 heterocycles. The topological polar surface area (TPSA) is 12.0 Å². The van der Waals surface area contributed by atoms with Gasteiger partial charge in [0.05, 0.1) is 0 Å². The van der Waals surface area contributed by atoms with Gasteiger partial charge in [-0.15, -0.1) is 0 Å². The van der Waals surface area contributed by atoms with E-state index in [1.807, 2.05) is 0 Å². The molecule has 0 saturated carbocycles. The molecule has 1 N–H and O–H groups in total. The molecule has 1 aromatic carbocycles. The monoisotopic (exact) mass is 253 g/mol. The lowest BCUT2D eigenvalue weighted by molar-refractivity contribution is -0.115. The molecule has 0 unspecified atom stereocenters. The number of anilines is 1. The van der Waals surface area contributed by atoms with Crippen molar-refractivity contribution in [2.75, 3.05) is 11.9 Å². The average molecular weight is 254 g/mol. The third kappa shape index (κ3) is 4.17. The van der Waals surface area contributed by atoms with Crippen molar-refractivity contribution in [2.45, 2.75) is 6.18 Å². The van der Waals surface area contributed by atoms with Crippen LogP contribution >= 0.6 is 15.9 Å². The summed E-state index contributed by atoms with van der Waals surface area (Å²) in [6.45, 7) is -1.01. The van der Waals surface area contributed by atoms with Crippen molar-refractivity contribution in [1.29, 1.82) is 0 Å². The van der Waals surface area contributed by atoms with Crippen molar-refractivity contribution < 1.29 is 13.2 Å². The third-order valence-electron chi connectivity index (χ3n) is 1.34. The number of hydrogen-bond donors (Lipinski definition) is 1. The first-order chi connectivity index (χ1) is 5.97. The van der Waals surface area contributed by atoms with E-state index in [4.69, 9.17) is 0 Å². The number of benzene rings is 1. The Kier molecular flexibility index (Phi) is 3.19. The van der Waals surface area contributed by atoms with Gasteiger partial charge >= 0.3 is 6.18 Å². The number of nitrogens with one attached hydrogen (secondary N) is 1. The molecule has 1 aromatic rings. The molecule has 0 spiro atoms. The standard InChI is InChI=1S/C8H7BrF3N/c9-6-1-3-7(4-2-6)13-5-8(10,11)12/h1-4,13H,5H2. The van der Waals surface area contributed by atoms with Crippen molar-refractivity contribution in [1.82, 2.24) is 0 Å². The summed E-state index contributed by atoms with van der Waals surface area (Å²) in [6, 6.07) is 6.52. The molecule has 13 heavy (non-hydrogen) atoms. The van der Waals surface area contributed by atoms with Crippen molar-refractivity contribution in [3.63, 3.8) is 0 Å². The highest BCUT2D eigenvalue weighted by molar-refractivity contribution is 9.10.